The molecule has 2 aromatic carbocycles. The minimum Gasteiger partial charge on any atom is -0.480 e. The zero-order valence-corrected chi connectivity index (χ0v) is 46.8. The Labute approximate surface area is 442 Å². The minimum absolute atomic E-state index is 0.0161. The molecule has 2 aromatic heterocycles. The Morgan fingerprint density at radius 3 is 2.16 bits per heavy atom. The zero-order valence-electron chi connectivity index (χ0n) is 45.8. The molecule has 3 aliphatic heterocycles. The molecule has 0 radical (unpaired) electrons. The van der Waals surface area contributed by atoms with Gasteiger partial charge in [-0.2, -0.15) is 9.97 Å². The van der Waals surface area contributed by atoms with Crippen molar-refractivity contribution in [3.05, 3.63) is 47.7 Å². The summed E-state index contributed by atoms with van der Waals surface area (Å²) in [6.45, 7) is 22.7. The number of ether oxygens (including phenoxy) is 5. The minimum atomic E-state index is -2.34. The lowest BCUT2D eigenvalue weighted by atomic mass is 9.67. The Morgan fingerprint density at radius 2 is 1.56 bits per heavy atom. The van der Waals surface area contributed by atoms with Crippen molar-refractivity contribution < 1.29 is 47.2 Å². The smallest absolute Gasteiger partial charge is 0.410 e. The number of carbonyl (C=O) groups is 2. The molecule has 3 saturated heterocycles. The SMILES string of the molecule is COCOc1cc(-c2ncc3c(N4CC5CCC(C4)N5C(=O)OC(C)(C)C)nc(OCC4(CN5CCC6(CCC(OCC(=O)O)CC6)CC5)CC4)nc3c2F)c2c(C#C[Si](C(C)C)(C(C)C)C(C)C)c(F)ccc2c1. The van der Waals surface area contributed by atoms with Crippen molar-refractivity contribution in [1.82, 2.24) is 24.8 Å². The van der Waals surface area contributed by atoms with Gasteiger partial charge in [0, 0.05) is 49.3 Å². The van der Waals surface area contributed by atoms with Gasteiger partial charge < -0.3 is 38.6 Å². The summed E-state index contributed by atoms with van der Waals surface area (Å²) in [4.78, 5) is 46.0. The first kappa shape index (κ1) is 54.6. The number of amides is 1. The molecular formula is C58H78F2N6O8Si. The van der Waals surface area contributed by atoms with Gasteiger partial charge in [-0.25, -0.2) is 18.4 Å². The van der Waals surface area contributed by atoms with Crippen LogP contribution in [0.1, 0.15) is 132 Å². The Hall–Kier alpha value is -5.15. The number of carboxylic acids is 1. The number of fused-ring (bicyclic) bond motifs is 4. The number of nitrogens with zero attached hydrogens (tertiary/aromatic N) is 6. The summed E-state index contributed by atoms with van der Waals surface area (Å²) in [7, 11) is -0.816. The Kier molecular flexibility index (Phi) is 15.8. The number of benzene rings is 2. The number of halogens is 2. The van der Waals surface area contributed by atoms with Crippen molar-refractivity contribution in [1.29, 1.82) is 0 Å². The third-order valence-electron chi connectivity index (χ3n) is 17.3. The van der Waals surface area contributed by atoms with E-state index in [9.17, 15) is 9.59 Å². The number of hydrogen-bond donors (Lipinski definition) is 1. The number of aromatic nitrogens is 3. The number of aliphatic carboxylic acids is 1. The van der Waals surface area contributed by atoms with Crippen molar-refractivity contribution in [2.24, 2.45) is 10.8 Å². The predicted octanol–water partition coefficient (Wildman–Crippen LogP) is 11.5. The third kappa shape index (κ3) is 11.5. The number of likely N-dealkylation sites (tertiary alicyclic amines) is 1. The van der Waals surface area contributed by atoms with E-state index in [4.69, 9.17) is 43.7 Å². The number of carbonyl (C=O) groups excluding carboxylic acids is 1. The van der Waals surface area contributed by atoms with Crippen molar-refractivity contribution in [3.63, 3.8) is 0 Å². The number of piperazine rings is 1. The lowest BCUT2D eigenvalue weighted by Crippen LogP contribution is -2.57. The van der Waals surface area contributed by atoms with Crippen LogP contribution >= 0.6 is 0 Å². The lowest BCUT2D eigenvalue weighted by Gasteiger charge is -2.46. The van der Waals surface area contributed by atoms with Gasteiger partial charge in [0.15, 0.2) is 12.6 Å². The summed E-state index contributed by atoms with van der Waals surface area (Å²) >= 11 is 0. The molecule has 2 aliphatic carbocycles. The van der Waals surface area contributed by atoms with Crippen molar-refractivity contribution in [2.75, 3.05) is 64.7 Å². The van der Waals surface area contributed by atoms with E-state index in [-0.39, 0.29) is 71.3 Å². The fourth-order valence-corrected chi connectivity index (χ4v) is 18.4. The quantitative estimate of drug-likeness (QED) is 0.0645. The molecule has 5 aliphatic rings. The first-order valence-electron chi connectivity index (χ1n) is 27.4. The maximum atomic E-state index is 18.1. The summed E-state index contributed by atoms with van der Waals surface area (Å²) in [5, 5.41) is 10.5. The van der Waals surface area contributed by atoms with Crippen LogP contribution in [-0.4, -0.2) is 134 Å². The number of carboxylic acid groups (broad SMARTS) is 1. The molecule has 2 saturated carbocycles. The van der Waals surface area contributed by atoms with Gasteiger partial charge in [-0.3, -0.25) is 9.88 Å². The van der Waals surface area contributed by atoms with E-state index >= 15 is 8.78 Å². The number of hydrogen-bond acceptors (Lipinski definition) is 12. The van der Waals surface area contributed by atoms with Gasteiger partial charge in [0.25, 0.3) is 0 Å². The van der Waals surface area contributed by atoms with Crippen LogP contribution < -0.4 is 14.4 Å². The number of piperidine rings is 1. The summed E-state index contributed by atoms with van der Waals surface area (Å²) in [5.74, 6) is 2.08. The summed E-state index contributed by atoms with van der Waals surface area (Å²) < 4.78 is 64.1. The summed E-state index contributed by atoms with van der Waals surface area (Å²) in [6, 6.07) is 6.29. The first-order chi connectivity index (χ1) is 35.6. The van der Waals surface area contributed by atoms with Gasteiger partial charge in [0.1, 0.15) is 48.9 Å². The summed E-state index contributed by atoms with van der Waals surface area (Å²) in [5.41, 5.74) is 4.58. The second kappa shape index (κ2) is 21.7. The normalized spacial score (nSPS) is 20.8. The fraction of sp³-hybridized carbons (Fsp3) is 0.638. The maximum absolute atomic E-state index is 18.1. The highest BCUT2D eigenvalue weighted by Gasteiger charge is 2.48. The molecule has 2 atom stereocenters. The Balaban J connectivity index is 1.07. The van der Waals surface area contributed by atoms with E-state index in [1.165, 1.54) is 13.2 Å². The second-order valence-corrected chi connectivity index (χ2v) is 29.9. The van der Waals surface area contributed by atoms with Gasteiger partial charge in [0.05, 0.1) is 35.7 Å². The van der Waals surface area contributed by atoms with E-state index in [1.807, 2.05) is 25.7 Å². The topological polar surface area (TPSA) is 149 Å². The Morgan fingerprint density at radius 1 is 0.893 bits per heavy atom. The molecule has 9 rings (SSSR count). The van der Waals surface area contributed by atoms with Crippen LogP contribution in [0.25, 0.3) is 32.9 Å². The van der Waals surface area contributed by atoms with E-state index in [0.29, 0.717) is 69.6 Å². The van der Waals surface area contributed by atoms with Crippen molar-refractivity contribution in [3.8, 4) is 34.5 Å². The molecule has 17 heteroatoms. The van der Waals surface area contributed by atoms with Crippen molar-refractivity contribution in [2.45, 2.75) is 167 Å². The van der Waals surface area contributed by atoms with Gasteiger partial charge in [-0.05, 0) is 144 Å². The van der Waals surface area contributed by atoms with Crippen LogP contribution in [0.2, 0.25) is 16.6 Å². The molecule has 1 spiro atoms. The number of methoxy groups -OCH3 is 1. The fourth-order valence-electron chi connectivity index (χ4n) is 13.2. The van der Waals surface area contributed by atoms with E-state index in [2.05, 4.69) is 62.8 Å². The average molecular weight is 1050 g/mol. The van der Waals surface area contributed by atoms with E-state index in [1.54, 1.807) is 24.4 Å². The molecular weight excluding hydrogens is 975 g/mol. The lowest BCUT2D eigenvalue weighted by molar-refractivity contribution is -0.145. The highest BCUT2D eigenvalue weighted by atomic mass is 28.3. The highest BCUT2D eigenvalue weighted by molar-refractivity contribution is 6.90. The largest absolute Gasteiger partial charge is 0.480 e. The standard InChI is InChI=1S/C58H78F2N6O8Si/c1-36(2)75(37(3)4,38(5)6)26-17-44-47(59)14-11-39-27-43(73-35-70-10)28-45(49(39)44)51-50(60)52-46(29-61-51)53(65-30-40-12-13-41(31-65)66(40)55(69)74-56(7,8)9)63-54(62-52)72-34-58(20-21-58)33-64-24-22-57(23-25-64)18-15-42(16-19-57)71-32-48(67)68/h11,14,27-29,36-38,40-42H,12-13,15-16,18-25,30-35H2,1-10H3,(H,67,68). The molecule has 2 bridgehead atoms. The molecule has 1 amide bonds. The number of pyridine rings is 1. The average Bonchev–Trinajstić information content (AvgIpc) is 4.08. The van der Waals surface area contributed by atoms with E-state index < -0.39 is 31.3 Å². The molecule has 4 aromatic rings. The van der Waals surface area contributed by atoms with Crippen LogP contribution in [0.15, 0.2) is 30.5 Å². The van der Waals surface area contributed by atoms with Crippen LogP contribution in [0.4, 0.5) is 19.4 Å². The van der Waals surface area contributed by atoms with Crippen molar-refractivity contribution >= 4 is 47.6 Å². The predicted molar refractivity (Wildman–Crippen MR) is 289 cm³/mol. The molecule has 406 valence electrons. The molecule has 14 nitrogen and oxygen atoms in total. The van der Waals surface area contributed by atoms with Gasteiger partial charge in [-0.15, -0.1) is 5.54 Å². The summed E-state index contributed by atoms with van der Waals surface area (Å²) in [6.07, 6.45) is 10.9. The second-order valence-electron chi connectivity index (χ2n) is 24.3. The molecule has 2 unspecified atom stereocenters. The van der Waals surface area contributed by atoms with Crippen LogP contribution in [-0.2, 0) is 19.0 Å². The third-order valence-corrected chi connectivity index (χ3v) is 23.6. The Bertz CT molecular complexity index is 2790. The van der Waals surface area contributed by atoms with E-state index in [0.717, 1.165) is 83.8 Å². The first-order valence-corrected chi connectivity index (χ1v) is 29.6. The van der Waals surface area contributed by atoms with Gasteiger partial charge in [-0.1, -0.05) is 53.5 Å². The number of anilines is 1. The maximum Gasteiger partial charge on any atom is 0.410 e. The van der Waals surface area contributed by atoms with Gasteiger partial charge >= 0.3 is 18.1 Å². The zero-order chi connectivity index (χ0) is 53.6. The van der Waals surface area contributed by atoms with Gasteiger partial charge in [0.2, 0.25) is 0 Å². The van der Waals surface area contributed by atoms with Crippen LogP contribution in [0.5, 0.6) is 11.8 Å². The molecule has 5 heterocycles. The van der Waals surface area contributed by atoms with Crippen LogP contribution in [0, 0.1) is 33.9 Å². The molecule has 1 N–H and O–H groups in total. The number of rotatable bonds is 16. The molecule has 75 heavy (non-hydrogen) atoms. The monoisotopic (exact) mass is 1050 g/mol. The van der Waals surface area contributed by atoms with Crippen LogP contribution in [0.3, 0.4) is 0 Å². The highest BCUT2D eigenvalue weighted by Crippen LogP contribution is 2.50. The molecule has 5 fully saturated rings.